The highest BCUT2D eigenvalue weighted by molar-refractivity contribution is 7.71. The van der Waals surface area contributed by atoms with Gasteiger partial charge in [0.2, 0.25) is 0 Å². The maximum Gasteiger partial charge on any atom is 0.114 e. The van der Waals surface area contributed by atoms with E-state index in [-0.39, 0.29) is 0 Å². The lowest BCUT2D eigenvalue weighted by atomic mass is 10.1. The summed E-state index contributed by atoms with van der Waals surface area (Å²) in [5.41, 5.74) is 2.33. The van der Waals surface area contributed by atoms with E-state index in [9.17, 15) is 0 Å². The Bertz CT molecular complexity index is 724. The first-order valence-electron chi connectivity index (χ1n) is 5.40. The molecule has 0 aliphatic carbocycles. The molecule has 0 aliphatic rings. The third kappa shape index (κ3) is 1.72. The molecule has 1 nitrogen and oxygen atoms in total. The van der Waals surface area contributed by atoms with E-state index in [0.29, 0.717) is 0 Å². The number of thiophene rings is 1. The van der Waals surface area contributed by atoms with Crippen LogP contribution < -0.4 is 0 Å². The minimum absolute atomic E-state index is 0.895. The van der Waals surface area contributed by atoms with Gasteiger partial charge in [0.15, 0.2) is 0 Å². The Morgan fingerprint density at radius 3 is 2.71 bits per heavy atom. The molecule has 3 aromatic rings. The molecule has 0 bridgehead atoms. The molecule has 0 unspecified atom stereocenters. The number of pyridine rings is 1. The zero-order valence-corrected chi connectivity index (χ0v) is 11.0. The van der Waals surface area contributed by atoms with Crippen LogP contribution in [0.2, 0.25) is 0 Å². The molecule has 0 fully saturated rings. The van der Waals surface area contributed by atoms with E-state index in [1.807, 2.05) is 13.1 Å². The molecule has 0 saturated carbocycles. The predicted molar refractivity (Wildman–Crippen MR) is 77.1 cm³/mol. The molecule has 0 N–H and O–H groups in total. The van der Waals surface area contributed by atoms with E-state index in [1.54, 1.807) is 11.3 Å². The number of nitrogens with zero attached hydrogens (tertiary/aromatic N) is 1. The first kappa shape index (κ1) is 10.7. The second kappa shape index (κ2) is 4.09. The average molecular weight is 257 g/mol. The van der Waals surface area contributed by atoms with E-state index in [1.165, 1.54) is 15.8 Å². The molecule has 17 heavy (non-hydrogen) atoms. The molecule has 0 saturated heterocycles. The maximum absolute atomic E-state index is 5.54. The number of hydrogen-bond donors (Lipinski definition) is 0. The highest BCUT2D eigenvalue weighted by atomic mass is 32.1. The number of hydrogen-bond acceptors (Lipinski definition) is 2. The Morgan fingerprint density at radius 2 is 1.94 bits per heavy atom. The number of fused-ring (bicyclic) bond motifs is 1. The summed E-state index contributed by atoms with van der Waals surface area (Å²) in [7, 11) is 2.03. The lowest BCUT2D eigenvalue weighted by Gasteiger charge is -2.09. The van der Waals surface area contributed by atoms with E-state index >= 15 is 0 Å². The summed E-state index contributed by atoms with van der Waals surface area (Å²) in [6.45, 7) is 0. The van der Waals surface area contributed by atoms with Crippen LogP contribution in [0.5, 0.6) is 0 Å². The van der Waals surface area contributed by atoms with Crippen LogP contribution in [0.25, 0.3) is 21.3 Å². The minimum atomic E-state index is 0.895. The van der Waals surface area contributed by atoms with Gasteiger partial charge < -0.3 is 4.57 Å². The molecule has 1 aromatic carbocycles. The molecule has 0 atom stereocenters. The van der Waals surface area contributed by atoms with Crippen LogP contribution in [-0.2, 0) is 7.05 Å². The van der Waals surface area contributed by atoms with Crippen LogP contribution >= 0.6 is 23.6 Å². The zero-order valence-electron chi connectivity index (χ0n) is 9.38. The van der Waals surface area contributed by atoms with Crippen molar-refractivity contribution in [2.24, 2.45) is 7.05 Å². The Hall–Kier alpha value is -1.45. The molecule has 0 spiro atoms. The van der Waals surface area contributed by atoms with Gasteiger partial charge in [0.05, 0.1) is 0 Å². The first-order chi connectivity index (χ1) is 8.27. The Labute approximate surface area is 109 Å². The van der Waals surface area contributed by atoms with Crippen molar-refractivity contribution in [2.45, 2.75) is 0 Å². The smallest absolute Gasteiger partial charge is 0.114 e. The number of benzene rings is 1. The van der Waals surface area contributed by atoms with E-state index in [2.05, 4.69) is 46.3 Å². The topological polar surface area (TPSA) is 4.93 Å². The summed E-state index contributed by atoms with van der Waals surface area (Å²) >= 11 is 7.27. The molecular formula is C14H11NS2. The number of aromatic nitrogens is 1. The highest BCUT2D eigenvalue weighted by Crippen LogP contribution is 2.29. The summed E-state index contributed by atoms with van der Waals surface area (Å²) < 4.78 is 2.98. The summed E-state index contributed by atoms with van der Waals surface area (Å²) in [4.78, 5) is 1.23. The lowest BCUT2D eigenvalue weighted by Crippen LogP contribution is -1.96. The third-order valence-electron chi connectivity index (χ3n) is 2.92. The SMILES string of the molecule is Cn1c(=S)c(-c2cccs2)cc2ccccc21. The van der Waals surface area contributed by atoms with Gasteiger partial charge in [0.1, 0.15) is 4.64 Å². The lowest BCUT2D eigenvalue weighted by molar-refractivity contribution is 0.938. The third-order valence-corrected chi connectivity index (χ3v) is 4.32. The van der Waals surface area contributed by atoms with Crippen molar-refractivity contribution in [3.8, 4) is 10.4 Å². The van der Waals surface area contributed by atoms with Crippen molar-refractivity contribution < 1.29 is 0 Å². The number of aryl methyl sites for hydroxylation is 1. The quantitative estimate of drug-likeness (QED) is 0.575. The van der Waals surface area contributed by atoms with Crippen molar-refractivity contribution in [1.82, 2.24) is 4.57 Å². The van der Waals surface area contributed by atoms with Gasteiger partial charge in [-0.15, -0.1) is 11.3 Å². The average Bonchev–Trinajstić information content (AvgIpc) is 2.87. The minimum Gasteiger partial charge on any atom is -0.335 e. The summed E-state index contributed by atoms with van der Waals surface area (Å²) in [5, 5.41) is 3.31. The van der Waals surface area contributed by atoms with Crippen molar-refractivity contribution >= 4 is 34.5 Å². The molecule has 3 heteroatoms. The predicted octanol–water partition coefficient (Wildman–Crippen LogP) is 4.64. The molecule has 2 aromatic heterocycles. The van der Waals surface area contributed by atoms with Gasteiger partial charge in [0, 0.05) is 23.0 Å². The second-order valence-electron chi connectivity index (χ2n) is 3.96. The first-order valence-corrected chi connectivity index (χ1v) is 6.69. The molecule has 0 radical (unpaired) electrons. The molecule has 84 valence electrons. The Balaban J connectivity index is 2.42. The fourth-order valence-electron chi connectivity index (χ4n) is 2.03. The number of para-hydroxylation sites is 1. The summed E-state index contributed by atoms with van der Waals surface area (Å²) in [6, 6.07) is 14.7. The van der Waals surface area contributed by atoms with Crippen LogP contribution in [-0.4, -0.2) is 4.57 Å². The van der Waals surface area contributed by atoms with Gasteiger partial charge >= 0.3 is 0 Å². The van der Waals surface area contributed by atoms with Gasteiger partial charge in [-0.25, -0.2) is 0 Å². The van der Waals surface area contributed by atoms with E-state index < -0.39 is 0 Å². The number of rotatable bonds is 1. The van der Waals surface area contributed by atoms with E-state index in [4.69, 9.17) is 12.2 Å². The molecular weight excluding hydrogens is 246 g/mol. The largest absolute Gasteiger partial charge is 0.335 e. The van der Waals surface area contributed by atoms with Crippen LogP contribution in [0.3, 0.4) is 0 Å². The molecule has 0 aliphatic heterocycles. The fourth-order valence-corrected chi connectivity index (χ4v) is 3.11. The highest BCUT2D eigenvalue weighted by Gasteiger charge is 2.06. The van der Waals surface area contributed by atoms with Crippen molar-refractivity contribution in [1.29, 1.82) is 0 Å². The van der Waals surface area contributed by atoms with Gasteiger partial charge in [-0.3, -0.25) is 0 Å². The standard InChI is InChI=1S/C14H11NS2/c1-15-12-6-3-2-5-10(12)9-11(14(15)16)13-7-4-8-17-13/h2-9H,1H3. The molecule has 2 heterocycles. The Morgan fingerprint density at radius 1 is 1.12 bits per heavy atom. The van der Waals surface area contributed by atoms with Crippen LogP contribution in [0.1, 0.15) is 0 Å². The molecule has 3 rings (SSSR count). The molecule has 0 amide bonds. The van der Waals surface area contributed by atoms with Crippen LogP contribution in [0.15, 0.2) is 47.8 Å². The van der Waals surface area contributed by atoms with Crippen LogP contribution in [0, 0.1) is 4.64 Å². The van der Waals surface area contributed by atoms with Crippen molar-refractivity contribution in [2.75, 3.05) is 0 Å². The Kier molecular flexibility index (Phi) is 2.57. The van der Waals surface area contributed by atoms with Crippen molar-refractivity contribution in [3.05, 3.63) is 52.5 Å². The van der Waals surface area contributed by atoms with Crippen molar-refractivity contribution in [3.63, 3.8) is 0 Å². The maximum atomic E-state index is 5.54. The van der Waals surface area contributed by atoms with Gasteiger partial charge in [-0.2, -0.15) is 0 Å². The van der Waals surface area contributed by atoms with Gasteiger partial charge in [0.25, 0.3) is 0 Å². The van der Waals surface area contributed by atoms with Crippen LogP contribution in [0.4, 0.5) is 0 Å². The fraction of sp³-hybridized carbons (Fsp3) is 0.0714. The summed E-state index contributed by atoms with van der Waals surface area (Å²) in [6.07, 6.45) is 0. The van der Waals surface area contributed by atoms with Gasteiger partial charge in [-0.05, 0) is 29.0 Å². The van der Waals surface area contributed by atoms with E-state index in [0.717, 1.165) is 10.2 Å². The zero-order chi connectivity index (χ0) is 11.8. The normalized spacial score (nSPS) is 10.9. The second-order valence-corrected chi connectivity index (χ2v) is 5.29. The monoisotopic (exact) mass is 257 g/mol. The van der Waals surface area contributed by atoms with Gasteiger partial charge in [-0.1, -0.05) is 36.5 Å². The summed E-state index contributed by atoms with van der Waals surface area (Å²) in [5.74, 6) is 0.